The molecule has 26 heavy (non-hydrogen) atoms. The van der Waals surface area contributed by atoms with E-state index in [-0.39, 0.29) is 23.5 Å². The van der Waals surface area contributed by atoms with Crippen molar-refractivity contribution >= 4 is 17.7 Å². The summed E-state index contributed by atoms with van der Waals surface area (Å²) in [5, 5.41) is 5.51. The van der Waals surface area contributed by atoms with Crippen LogP contribution in [0.4, 0.5) is 4.39 Å². The number of carbonyl (C=O) groups excluding carboxylic acids is 3. The van der Waals surface area contributed by atoms with Crippen molar-refractivity contribution in [3.05, 3.63) is 35.6 Å². The summed E-state index contributed by atoms with van der Waals surface area (Å²) in [5.41, 5.74) is 0.387. The highest BCUT2D eigenvalue weighted by Gasteiger charge is 2.16. The van der Waals surface area contributed by atoms with Gasteiger partial charge >= 0.3 is 0 Å². The minimum Gasteiger partial charge on any atom is -0.354 e. The summed E-state index contributed by atoms with van der Waals surface area (Å²) in [6, 6.07) is 5.30. The molecule has 0 bridgehead atoms. The smallest absolute Gasteiger partial charge is 0.251 e. The Morgan fingerprint density at radius 3 is 2.58 bits per heavy atom. The standard InChI is InChI=1S/C19H26FN3O3/c20-16-9-7-15(8-10-16)19(26)22-11-4-5-17(24)21-12-14-23-13-3-1-2-6-18(23)25/h7-10H,1-6,11-14H2,(H,21,24)(H,22,26). The maximum atomic E-state index is 12.8. The minimum absolute atomic E-state index is 0.0942. The van der Waals surface area contributed by atoms with Crippen molar-refractivity contribution in [3.8, 4) is 0 Å². The quantitative estimate of drug-likeness (QED) is 0.692. The lowest BCUT2D eigenvalue weighted by atomic mass is 10.2. The third-order valence-corrected chi connectivity index (χ3v) is 4.35. The van der Waals surface area contributed by atoms with Crippen molar-refractivity contribution in [2.75, 3.05) is 26.2 Å². The number of nitrogens with zero attached hydrogens (tertiary/aromatic N) is 1. The summed E-state index contributed by atoms with van der Waals surface area (Å²) in [6.07, 6.45) is 4.47. The topological polar surface area (TPSA) is 78.5 Å². The van der Waals surface area contributed by atoms with Gasteiger partial charge in [0.25, 0.3) is 5.91 Å². The van der Waals surface area contributed by atoms with Gasteiger partial charge in [0.1, 0.15) is 5.82 Å². The number of amides is 3. The Hall–Kier alpha value is -2.44. The van der Waals surface area contributed by atoms with Crippen LogP contribution in [0.2, 0.25) is 0 Å². The Kier molecular flexibility index (Phi) is 8.05. The van der Waals surface area contributed by atoms with E-state index in [1.54, 1.807) is 0 Å². The summed E-state index contributed by atoms with van der Waals surface area (Å²) in [4.78, 5) is 37.3. The molecule has 0 atom stereocenters. The SMILES string of the molecule is O=C(CCCNC(=O)c1ccc(F)cc1)NCCN1CCCCCC1=O. The normalized spacial score (nSPS) is 14.7. The van der Waals surface area contributed by atoms with E-state index >= 15 is 0 Å². The van der Waals surface area contributed by atoms with E-state index in [9.17, 15) is 18.8 Å². The van der Waals surface area contributed by atoms with E-state index in [1.807, 2.05) is 4.90 Å². The van der Waals surface area contributed by atoms with Gasteiger partial charge in [-0.05, 0) is 43.5 Å². The molecule has 0 saturated carbocycles. The molecule has 2 N–H and O–H groups in total. The Labute approximate surface area is 153 Å². The number of nitrogens with one attached hydrogen (secondary N) is 2. The van der Waals surface area contributed by atoms with Crippen LogP contribution in [0.15, 0.2) is 24.3 Å². The van der Waals surface area contributed by atoms with E-state index < -0.39 is 0 Å². The number of benzene rings is 1. The number of hydrogen-bond acceptors (Lipinski definition) is 3. The Morgan fingerprint density at radius 2 is 1.81 bits per heavy atom. The Bertz CT molecular complexity index is 619. The minimum atomic E-state index is -0.389. The summed E-state index contributed by atoms with van der Waals surface area (Å²) < 4.78 is 12.8. The molecule has 1 heterocycles. The van der Waals surface area contributed by atoms with Crippen LogP contribution in [0.5, 0.6) is 0 Å². The molecule has 7 heteroatoms. The van der Waals surface area contributed by atoms with E-state index in [4.69, 9.17) is 0 Å². The van der Waals surface area contributed by atoms with Crippen molar-refractivity contribution in [3.63, 3.8) is 0 Å². The van der Waals surface area contributed by atoms with Gasteiger partial charge in [-0.15, -0.1) is 0 Å². The first-order valence-corrected chi connectivity index (χ1v) is 9.14. The van der Waals surface area contributed by atoms with Crippen LogP contribution in [0, 0.1) is 5.82 Å². The lowest BCUT2D eigenvalue weighted by Crippen LogP contribution is -2.38. The molecule has 142 valence electrons. The van der Waals surface area contributed by atoms with Gasteiger partial charge in [0.2, 0.25) is 11.8 Å². The molecule has 3 amide bonds. The molecule has 0 spiro atoms. The largest absolute Gasteiger partial charge is 0.354 e. The van der Waals surface area contributed by atoms with Gasteiger partial charge in [0.05, 0.1) is 0 Å². The Balaban J connectivity index is 1.56. The fourth-order valence-corrected chi connectivity index (χ4v) is 2.85. The lowest BCUT2D eigenvalue weighted by Gasteiger charge is -2.20. The van der Waals surface area contributed by atoms with Crippen LogP contribution in [-0.2, 0) is 9.59 Å². The van der Waals surface area contributed by atoms with Crippen molar-refractivity contribution in [1.82, 2.24) is 15.5 Å². The molecule has 1 aromatic carbocycles. The summed E-state index contributed by atoms with van der Waals surface area (Å²) in [6.45, 7) is 2.14. The average Bonchev–Trinajstić information content (AvgIpc) is 2.83. The highest BCUT2D eigenvalue weighted by molar-refractivity contribution is 5.94. The number of hydrogen-bond donors (Lipinski definition) is 2. The molecule has 0 radical (unpaired) electrons. The number of rotatable bonds is 8. The van der Waals surface area contributed by atoms with E-state index in [0.717, 1.165) is 25.8 Å². The predicted octanol–water partition coefficient (Wildman–Crippen LogP) is 1.85. The number of likely N-dealkylation sites (tertiary alicyclic amines) is 1. The zero-order chi connectivity index (χ0) is 18.8. The summed E-state index contributed by atoms with van der Waals surface area (Å²) in [5.74, 6) is -0.603. The van der Waals surface area contributed by atoms with Crippen LogP contribution in [-0.4, -0.2) is 48.8 Å². The fraction of sp³-hybridized carbons (Fsp3) is 0.526. The highest BCUT2D eigenvalue weighted by atomic mass is 19.1. The lowest BCUT2D eigenvalue weighted by molar-refractivity contribution is -0.131. The molecule has 1 fully saturated rings. The van der Waals surface area contributed by atoms with Crippen LogP contribution < -0.4 is 10.6 Å². The molecule has 1 aliphatic rings. The summed E-state index contributed by atoms with van der Waals surface area (Å²) in [7, 11) is 0. The molecular weight excluding hydrogens is 337 g/mol. The van der Waals surface area contributed by atoms with Crippen LogP contribution in [0.3, 0.4) is 0 Å². The number of carbonyl (C=O) groups is 3. The van der Waals surface area contributed by atoms with Crippen LogP contribution >= 0.6 is 0 Å². The van der Waals surface area contributed by atoms with E-state index in [2.05, 4.69) is 10.6 Å². The molecular formula is C19H26FN3O3. The highest BCUT2D eigenvalue weighted by Crippen LogP contribution is 2.10. The van der Waals surface area contributed by atoms with Crippen LogP contribution in [0.25, 0.3) is 0 Å². The van der Waals surface area contributed by atoms with Gasteiger partial charge in [0, 0.05) is 44.6 Å². The van der Waals surface area contributed by atoms with Crippen LogP contribution in [0.1, 0.15) is 48.9 Å². The summed E-state index contributed by atoms with van der Waals surface area (Å²) >= 11 is 0. The second-order valence-corrected chi connectivity index (χ2v) is 6.41. The molecule has 0 unspecified atom stereocenters. The van der Waals surface area contributed by atoms with Crippen molar-refractivity contribution in [2.45, 2.75) is 38.5 Å². The Morgan fingerprint density at radius 1 is 1.04 bits per heavy atom. The molecule has 1 aliphatic heterocycles. The van der Waals surface area contributed by atoms with Gasteiger partial charge in [-0.1, -0.05) is 6.42 Å². The third kappa shape index (κ3) is 6.82. The third-order valence-electron chi connectivity index (χ3n) is 4.35. The second-order valence-electron chi connectivity index (χ2n) is 6.41. The van der Waals surface area contributed by atoms with Crippen molar-refractivity contribution in [2.24, 2.45) is 0 Å². The first-order chi connectivity index (χ1) is 12.6. The fourth-order valence-electron chi connectivity index (χ4n) is 2.85. The molecule has 2 rings (SSSR count). The average molecular weight is 363 g/mol. The van der Waals surface area contributed by atoms with Gasteiger partial charge in [-0.3, -0.25) is 14.4 Å². The first kappa shape index (κ1) is 19.9. The molecule has 0 aromatic heterocycles. The second kappa shape index (κ2) is 10.5. The molecule has 0 aliphatic carbocycles. The molecule has 1 saturated heterocycles. The number of halogens is 1. The first-order valence-electron chi connectivity index (χ1n) is 9.14. The van der Waals surface area contributed by atoms with Gasteiger partial charge in [0.15, 0.2) is 0 Å². The van der Waals surface area contributed by atoms with Gasteiger partial charge in [-0.25, -0.2) is 4.39 Å². The van der Waals surface area contributed by atoms with Crippen molar-refractivity contribution < 1.29 is 18.8 Å². The molecule has 1 aromatic rings. The zero-order valence-corrected chi connectivity index (χ0v) is 14.9. The van der Waals surface area contributed by atoms with E-state index in [0.29, 0.717) is 44.5 Å². The van der Waals surface area contributed by atoms with Crippen molar-refractivity contribution in [1.29, 1.82) is 0 Å². The predicted molar refractivity (Wildman–Crippen MR) is 96.0 cm³/mol. The zero-order valence-electron chi connectivity index (χ0n) is 14.9. The van der Waals surface area contributed by atoms with E-state index in [1.165, 1.54) is 24.3 Å². The maximum Gasteiger partial charge on any atom is 0.251 e. The maximum absolute atomic E-state index is 12.8. The van der Waals surface area contributed by atoms with Gasteiger partial charge < -0.3 is 15.5 Å². The molecule has 6 nitrogen and oxygen atoms in total. The monoisotopic (exact) mass is 363 g/mol. The van der Waals surface area contributed by atoms with Gasteiger partial charge in [-0.2, -0.15) is 0 Å².